The highest BCUT2D eigenvalue weighted by molar-refractivity contribution is 7.80. The molecule has 0 atom stereocenters. The largest absolute Gasteiger partial charge is 0.456 e. The van der Waals surface area contributed by atoms with Gasteiger partial charge in [0, 0.05) is 16.7 Å². The lowest BCUT2D eigenvalue weighted by atomic mass is 9.80. The van der Waals surface area contributed by atoms with E-state index in [9.17, 15) is 4.79 Å². The number of carbonyl (C=O) groups excluding carboxylic acids is 1. The van der Waals surface area contributed by atoms with Crippen LogP contribution in [-0.4, -0.2) is 11.7 Å². The maximum Gasteiger partial charge on any atom is 0.334 e. The van der Waals surface area contributed by atoms with E-state index in [4.69, 9.17) is 9.47 Å². The minimum absolute atomic E-state index is 0.377. The van der Waals surface area contributed by atoms with Gasteiger partial charge in [0.25, 0.3) is 0 Å². The first kappa shape index (κ1) is 16.7. The summed E-state index contributed by atoms with van der Waals surface area (Å²) in [6.07, 6.45) is 1.43. The van der Waals surface area contributed by atoms with Gasteiger partial charge in [0.15, 0.2) is 5.60 Å². The lowest BCUT2D eigenvalue weighted by Crippen LogP contribution is -2.37. The van der Waals surface area contributed by atoms with Gasteiger partial charge < -0.3 is 9.47 Å². The van der Waals surface area contributed by atoms with Crippen molar-refractivity contribution < 1.29 is 14.3 Å². The predicted molar refractivity (Wildman–Crippen MR) is 97.7 cm³/mol. The van der Waals surface area contributed by atoms with Crippen LogP contribution in [-0.2, 0) is 15.1 Å². The summed E-state index contributed by atoms with van der Waals surface area (Å²) in [4.78, 5) is 12.4. The number of para-hydroxylation sites is 2. The first-order valence-electron chi connectivity index (χ1n) is 7.95. The van der Waals surface area contributed by atoms with Crippen molar-refractivity contribution in [1.29, 1.82) is 0 Å². The van der Waals surface area contributed by atoms with Crippen LogP contribution >= 0.6 is 12.6 Å². The SMILES string of the molecule is C=C(C)C(=O)OC1(CCCS)c2ccccc2Oc2ccccc21. The normalized spacial score (nSPS) is 14.1. The molecule has 1 aliphatic rings. The molecular formula is C20H20O3S. The van der Waals surface area contributed by atoms with Crippen LogP contribution in [0.15, 0.2) is 60.7 Å². The van der Waals surface area contributed by atoms with Gasteiger partial charge in [-0.2, -0.15) is 12.6 Å². The van der Waals surface area contributed by atoms with E-state index in [2.05, 4.69) is 19.2 Å². The molecule has 1 heterocycles. The summed E-state index contributed by atoms with van der Waals surface area (Å²) in [6, 6.07) is 15.4. The molecule has 4 heteroatoms. The summed E-state index contributed by atoms with van der Waals surface area (Å²) in [5.41, 5.74) is 1.21. The molecule has 2 aromatic carbocycles. The molecule has 1 aliphatic heterocycles. The van der Waals surface area contributed by atoms with Crippen molar-refractivity contribution in [3.05, 3.63) is 71.8 Å². The monoisotopic (exact) mass is 340 g/mol. The second kappa shape index (κ2) is 6.73. The molecule has 0 saturated carbocycles. The minimum atomic E-state index is -0.885. The van der Waals surface area contributed by atoms with E-state index in [-0.39, 0.29) is 0 Å². The first-order valence-corrected chi connectivity index (χ1v) is 8.58. The van der Waals surface area contributed by atoms with E-state index in [1.807, 2.05) is 48.5 Å². The third-order valence-corrected chi connectivity index (χ3v) is 4.48. The second-order valence-corrected chi connectivity index (χ2v) is 6.37. The standard InChI is InChI=1S/C20H20O3S/c1-14(2)19(21)23-20(12-7-13-24)15-8-3-5-10-17(15)22-18-11-6-4-9-16(18)20/h3-6,8-11,24H,1,7,12-13H2,2H3. The summed E-state index contributed by atoms with van der Waals surface area (Å²) >= 11 is 4.34. The highest BCUT2D eigenvalue weighted by Gasteiger charge is 2.45. The predicted octanol–water partition coefficient (Wildman–Crippen LogP) is 4.87. The van der Waals surface area contributed by atoms with Gasteiger partial charge in [0.2, 0.25) is 0 Å². The Hall–Kier alpha value is -2.20. The molecule has 0 saturated heterocycles. The van der Waals surface area contributed by atoms with Gasteiger partial charge in [-0.25, -0.2) is 4.79 Å². The molecule has 0 bridgehead atoms. The second-order valence-electron chi connectivity index (χ2n) is 5.92. The average Bonchev–Trinajstić information content (AvgIpc) is 2.60. The van der Waals surface area contributed by atoms with Crippen molar-refractivity contribution in [2.75, 3.05) is 5.75 Å². The highest BCUT2D eigenvalue weighted by Crippen LogP contribution is 2.51. The van der Waals surface area contributed by atoms with Gasteiger partial charge in [-0.05, 0) is 37.7 Å². The third kappa shape index (κ3) is 2.82. The Morgan fingerprint density at radius 1 is 1.12 bits per heavy atom. The summed E-state index contributed by atoms with van der Waals surface area (Å²) in [5, 5.41) is 0. The maximum absolute atomic E-state index is 12.4. The Bertz CT molecular complexity index is 736. The number of hydrogen-bond acceptors (Lipinski definition) is 4. The van der Waals surface area contributed by atoms with E-state index in [0.717, 1.165) is 17.5 Å². The number of carbonyl (C=O) groups is 1. The third-order valence-electron chi connectivity index (χ3n) is 4.17. The smallest absolute Gasteiger partial charge is 0.334 e. The molecule has 0 N–H and O–H groups in total. The van der Waals surface area contributed by atoms with Crippen LogP contribution in [0.2, 0.25) is 0 Å². The zero-order valence-electron chi connectivity index (χ0n) is 13.6. The topological polar surface area (TPSA) is 35.5 Å². The number of benzene rings is 2. The summed E-state index contributed by atoms with van der Waals surface area (Å²) in [7, 11) is 0. The molecule has 124 valence electrons. The fourth-order valence-electron chi connectivity index (χ4n) is 3.05. The van der Waals surface area contributed by atoms with E-state index < -0.39 is 11.6 Å². The van der Waals surface area contributed by atoms with Crippen LogP contribution in [0.25, 0.3) is 0 Å². The molecule has 0 spiro atoms. The molecule has 0 aromatic heterocycles. The molecule has 0 unspecified atom stereocenters. The Balaban J connectivity index is 2.21. The fourth-order valence-corrected chi connectivity index (χ4v) is 3.20. The molecule has 24 heavy (non-hydrogen) atoms. The summed E-state index contributed by atoms with van der Waals surface area (Å²) in [6.45, 7) is 5.38. The van der Waals surface area contributed by atoms with Gasteiger partial charge in [0.1, 0.15) is 11.5 Å². The van der Waals surface area contributed by atoms with E-state index >= 15 is 0 Å². The number of thiol groups is 1. The number of rotatable bonds is 5. The molecule has 3 nitrogen and oxygen atoms in total. The van der Waals surface area contributed by atoms with Crippen LogP contribution in [0.4, 0.5) is 0 Å². The Morgan fingerprint density at radius 2 is 1.67 bits per heavy atom. The summed E-state index contributed by atoms with van der Waals surface area (Å²) < 4.78 is 12.1. The quantitative estimate of drug-likeness (QED) is 0.479. The van der Waals surface area contributed by atoms with Gasteiger partial charge in [-0.1, -0.05) is 43.0 Å². The van der Waals surface area contributed by atoms with Crippen LogP contribution in [0.5, 0.6) is 11.5 Å². The number of hydrogen-bond donors (Lipinski definition) is 1. The Labute approximate surface area is 147 Å². The Kier molecular flexibility index (Phi) is 4.67. The van der Waals surface area contributed by atoms with Crippen molar-refractivity contribution in [3.8, 4) is 11.5 Å². The van der Waals surface area contributed by atoms with Crippen LogP contribution in [0.1, 0.15) is 30.9 Å². The number of fused-ring (bicyclic) bond motifs is 2. The van der Waals surface area contributed by atoms with E-state index in [1.54, 1.807) is 6.92 Å². The molecule has 3 rings (SSSR count). The zero-order chi connectivity index (χ0) is 17.2. The van der Waals surface area contributed by atoms with Crippen LogP contribution in [0, 0.1) is 0 Å². The fraction of sp³-hybridized carbons (Fsp3) is 0.250. The van der Waals surface area contributed by atoms with Gasteiger partial charge in [-0.15, -0.1) is 0 Å². The summed E-state index contributed by atoms with van der Waals surface area (Å²) in [5.74, 6) is 1.73. The van der Waals surface area contributed by atoms with Crippen molar-refractivity contribution in [1.82, 2.24) is 0 Å². The zero-order valence-corrected chi connectivity index (χ0v) is 14.5. The van der Waals surface area contributed by atoms with Crippen molar-refractivity contribution in [2.24, 2.45) is 0 Å². The molecule has 0 radical (unpaired) electrons. The van der Waals surface area contributed by atoms with Crippen molar-refractivity contribution in [3.63, 3.8) is 0 Å². The van der Waals surface area contributed by atoms with Crippen LogP contribution < -0.4 is 4.74 Å². The van der Waals surface area contributed by atoms with Gasteiger partial charge in [-0.3, -0.25) is 0 Å². The molecule has 0 aliphatic carbocycles. The van der Waals surface area contributed by atoms with Gasteiger partial charge in [0.05, 0.1) is 0 Å². The van der Waals surface area contributed by atoms with Crippen LogP contribution in [0.3, 0.4) is 0 Å². The highest BCUT2D eigenvalue weighted by atomic mass is 32.1. The van der Waals surface area contributed by atoms with Crippen molar-refractivity contribution in [2.45, 2.75) is 25.4 Å². The van der Waals surface area contributed by atoms with Gasteiger partial charge >= 0.3 is 5.97 Å². The average molecular weight is 340 g/mol. The lowest BCUT2D eigenvalue weighted by Gasteiger charge is -2.39. The number of ether oxygens (including phenoxy) is 2. The van der Waals surface area contributed by atoms with E-state index in [1.165, 1.54) is 0 Å². The minimum Gasteiger partial charge on any atom is -0.456 e. The lowest BCUT2D eigenvalue weighted by molar-refractivity contribution is -0.153. The molecule has 0 fully saturated rings. The Morgan fingerprint density at radius 3 is 2.17 bits per heavy atom. The van der Waals surface area contributed by atoms with Crippen molar-refractivity contribution >= 4 is 18.6 Å². The molecule has 2 aromatic rings. The number of esters is 1. The molecular weight excluding hydrogens is 320 g/mol. The first-order chi connectivity index (χ1) is 11.6. The van der Waals surface area contributed by atoms with E-state index in [0.29, 0.717) is 29.2 Å². The molecule has 0 amide bonds. The maximum atomic E-state index is 12.4.